The molecular formula is C16H21ClO2. The van der Waals surface area contributed by atoms with E-state index in [9.17, 15) is 4.79 Å². The van der Waals surface area contributed by atoms with Crippen molar-refractivity contribution in [1.29, 1.82) is 0 Å². The molecule has 0 aliphatic heterocycles. The zero-order chi connectivity index (χ0) is 14.0. The Labute approximate surface area is 120 Å². The fraction of sp³-hybridized carbons (Fsp3) is 0.562. The van der Waals surface area contributed by atoms with Crippen LogP contribution in [0.25, 0.3) is 0 Å². The van der Waals surface area contributed by atoms with Gasteiger partial charge in [0.1, 0.15) is 5.75 Å². The Morgan fingerprint density at radius 1 is 1.42 bits per heavy atom. The molecule has 0 bridgehead atoms. The van der Waals surface area contributed by atoms with E-state index in [4.69, 9.17) is 16.3 Å². The van der Waals surface area contributed by atoms with Gasteiger partial charge in [-0.25, -0.2) is 0 Å². The number of rotatable bonds is 6. The average Bonchev–Trinajstić information content (AvgIpc) is 3.19. The van der Waals surface area contributed by atoms with Crippen molar-refractivity contribution in [3.05, 3.63) is 28.3 Å². The second kappa shape index (κ2) is 5.96. The lowest BCUT2D eigenvalue weighted by atomic mass is 9.96. The van der Waals surface area contributed by atoms with E-state index in [0.29, 0.717) is 17.2 Å². The molecule has 0 spiro atoms. The van der Waals surface area contributed by atoms with Gasteiger partial charge in [0.05, 0.1) is 12.2 Å². The number of Topliss-reactive ketones (excluding diaryl/α,β-unsaturated/α-hetero) is 1. The van der Waals surface area contributed by atoms with Crippen LogP contribution in [-0.4, -0.2) is 12.4 Å². The molecule has 1 aliphatic carbocycles. The second-order valence-electron chi connectivity index (χ2n) is 5.51. The predicted molar refractivity (Wildman–Crippen MR) is 78.4 cm³/mol. The fourth-order valence-corrected chi connectivity index (χ4v) is 2.38. The lowest BCUT2D eigenvalue weighted by Crippen LogP contribution is -2.09. The molecule has 0 unspecified atom stereocenters. The first-order valence-electron chi connectivity index (χ1n) is 7.05. The standard InChI is InChI=1S/C16H21ClO2/c1-4-7-19-16-13(10(2)3)8-12(17)9-14(16)15(18)11-5-6-11/h8-11H,4-7H2,1-3H3. The van der Waals surface area contributed by atoms with Gasteiger partial charge in [-0.15, -0.1) is 0 Å². The highest BCUT2D eigenvalue weighted by Gasteiger charge is 2.33. The summed E-state index contributed by atoms with van der Waals surface area (Å²) < 4.78 is 5.85. The van der Waals surface area contributed by atoms with Crippen molar-refractivity contribution < 1.29 is 9.53 Å². The molecule has 1 aromatic rings. The second-order valence-corrected chi connectivity index (χ2v) is 5.95. The van der Waals surface area contributed by atoms with Crippen LogP contribution in [0.5, 0.6) is 5.75 Å². The monoisotopic (exact) mass is 280 g/mol. The highest BCUT2D eigenvalue weighted by Crippen LogP contribution is 2.39. The van der Waals surface area contributed by atoms with Crippen LogP contribution in [0.15, 0.2) is 12.1 Å². The lowest BCUT2D eigenvalue weighted by molar-refractivity contribution is 0.0963. The molecule has 0 radical (unpaired) electrons. The van der Waals surface area contributed by atoms with Crippen LogP contribution in [0.1, 0.15) is 61.9 Å². The third-order valence-corrected chi connectivity index (χ3v) is 3.59. The summed E-state index contributed by atoms with van der Waals surface area (Å²) in [5.74, 6) is 1.41. The van der Waals surface area contributed by atoms with Gasteiger partial charge in [-0.3, -0.25) is 4.79 Å². The summed E-state index contributed by atoms with van der Waals surface area (Å²) in [7, 11) is 0. The summed E-state index contributed by atoms with van der Waals surface area (Å²) in [6, 6.07) is 3.68. The summed E-state index contributed by atoms with van der Waals surface area (Å²) in [4.78, 5) is 12.4. The first-order chi connectivity index (χ1) is 9.04. The molecule has 0 saturated heterocycles. The van der Waals surface area contributed by atoms with Gasteiger partial charge < -0.3 is 4.74 Å². The van der Waals surface area contributed by atoms with Crippen LogP contribution in [0.3, 0.4) is 0 Å². The number of ketones is 1. The molecule has 0 aromatic heterocycles. The van der Waals surface area contributed by atoms with E-state index < -0.39 is 0 Å². The van der Waals surface area contributed by atoms with Crippen molar-refractivity contribution in [3.8, 4) is 5.75 Å². The summed E-state index contributed by atoms with van der Waals surface area (Å²) in [5.41, 5.74) is 1.71. The molecule has 2 rings (SSSR count). The maximum absolute atomic E-state index is 12.4. The van der Waals surface area contributed by atoms with Gasteiger partial charge in [0.15, 0.2) is 5.78 Å². The van der Waals surface area contributed by atoms with Crippen molar-refractivity contribution >= 4 is 17.4 Å². The minimum atomic E-state index is 0.183. The molecule has 0 heterocycles. The predicted octanol–water partition coefficient (Wildman–Crippen LogP) is 4.84. The summed E-state index contributed by atoms with van der Waals surface area (Å²) in [6.07, 6.45) is 2.92. The molecule has 3 heteroatoms. The van der Waals surface area contributed by atoms with Gasteiger partial charge in [0, 0.05) is 10.9 Å². The molecule has 0 N–H and O–H groups in total. The Kier molecular flexibility index (Phi) is 4.51. The quantitative estimate of drug-likeness (QED) is 0.697. The van der Waals surface area contributed by atoms with Gasteiger partial charge in [-0.2, -0.15) is 0 Å². The van der Waals surface area contributed by atoms with E-state index in [0.717, 1.165) is 30.6 Å². The first kappa shape index (κ1) is 14.4. The highest BCUT2D eigenvalue weighted by atomic mass is 35.5. The van der Waals surface area contributed by atoms with E-state index in [2.05, 4.69) is 20.8 Å². The van der Waals surface area contributed by atoms with E-state index in [1.807, 2.05) is 6.07 Å². The number of hydrogen-bond donors (Lipinski definition) is 0. The third-order valence-electron chi connectivity index (χ3n) is 3.37. The Morgan fingerprint density at radius 3 is 2.63 bits per heavy atom. The van der Waals surface area contributed by atoms with Crippen LogP contribution in [-0.2, 0) is 0 Å². The van der Waals surface area contributed by atoms with Gasteiger partial charge in [-0.1, -0.05) is 32.4 Å². The Hall–Kier alpha value is -1.02. The fourth-order valence-electron chi connectivity index (χ4n) is 2.16. The summed E-state index contributed by atoms with van der Waals surface area (Å²) in [5, 5.41) is 0.622. The molecule has 1 fully saturated rings. The number of ether oxygens (including phenoxy) is 1. The minimum absolute atomic E-state index is 0.183. The molecule has 2 nitrogen and oxygen atoms in total. The number of hydrogen-bond acceptors (Lipinski definition) is 2. The highest BCUT2D eigenvalue weighted by molar-refractivity contribution is 6.31. The number of halogens is 1. The van der Waals surface area contributed by atoms with E-state index in [1.165, 1.54) is 0 Å². The van der Waals surface area contributed by atoms with Crippen LogP contribution >= 0.6 is 11.6 Å². The van der Waals surface area contributed by atoms with E-state index in [-0.39, 0.29) is 17.6 Å². The Bertz CT molecular complexity index is 476. The van der Waals surface area contributed by atoms with Crippen molar-refractivity contribution in [2.75, 3.05) is 6.61 Å². The lowest BCUT2D eigenvalue weighted by Gasteiger charge is -2.18. The van der Waals surface area contributed by atoms with E-state index >= 15 is 0 Å². The number of carbonyl (C=O) groups is 1. The molecule has 1 saturated carbocycles. The third kappa shape index (κ3) is 3.30. The van der Waals surface area contributed by atoms with Crippen molar-refractivity contribution in [2.45, 2.75) is 46.0 Å². The molecule has 1 aromatic carbocycles. The van der Waals surface area contributed by atoms with Crippen molar-refractivity contribution in [2.24, 2.45) is 5.92 Å². The zero-order valence-electron chi connectivity index (χ0n) is 11.8. The largest absolute Gasteiger partial charge is 0.493 e. The smallest absolute Gasteiger partial charge is 0.169 e. The normalized spacial score (nSPS) is 14.8. The van der Waals surface area contributed by atoms with Crippen LogP contribution in [0.2, 0.25) is 5.02 Å². The minimum Gasteiger partial charge on any atom is -0.493 e. The SMILES string of the molecule is CCCOc1c(C(=O)C2CC2)cc(Cl)cc1C(C)C. The molecule has 104 valence electrons. The Balaban J connectivity index is 2.45. The molecule has 1 aliphatic rings. The maximum atomic E-state index is 12.4. The van der Waals surface area contributed by atoms with E-state index in [1.54, 1.807) is 6.07 Å². The van der Waals surface area contributed by atoms with Crippen molar-refractivity contribution in [3.63, 3.8) is 0 Å². The zero-order valence-corrected chi connectivity index (χ0v) is 12.6. The molecule has 19 heavy (non-hydrogen) atoms. The van der Waals surface area contributed by atoms with Crippen LogP contribution in [0, 0.1) is 5.92 Å². The maximum Gasteiger partial charge on any atom is 0.169 e. The van der Waals surface area contributed by atoms with Crippen LogP contribution in [0.4, 0.5) is 0 Å². The molecular weight excluding hydrogens is 260 g/mol. The average molecular weight is 281 g/mol. The summed E-state index contributed by atoms with van der Waals surface area (Å²) >= 11 is 6.16. The summed E-state index contributed by atoms with van der Waals surface area (Å²) in [6.45, 7) is 6.88. The first-order valence-corrected chi connectivity index (χ1v) is 7.42. The van der Waals surface area contributed by atoms with Crippen molar-refractivity contribution in [1.82, 2.24) is 0 Å². The van der Waals surface area contributed by atoms with Gasteiger partial charge >= 0.3 is 0 Å². The van der Waals surface area contributed by atoms with Gasteiger partial charge in [0.2, 0.25) is 0 Å². The number of carbonyl (C=O) groups excluding carboxylic acids is 1. The van der Waals surface area contributed by atoms with Crippen LogP contribution < -0.4 is 4.74 Å². The number of benzene rings is 1. The Morgan fingerprint density at radius 2 is 2.11 bits per heavy atom. The van der Waals surface area contributed by atoms with Gasteiger partial charge in [-0.05, 0) is 42.9 Å². The molecule has 0 atom stereocenters. The molecule has 0 amide bonds. The topological polar surface area (TPSA) is 26.3 Å². The van der Waals surface area contributed by atoms with Gasteiger partial charge in [0.25, 0.3) is 0 Å².